The van der Waals surface area contributed by atoms with Gasteiger partial charge in [-0.05, 0) is 14.1 Å². The molecule has 0 fully saturated rings. The van der Waals surface area contributed by atoms with Gasteiger partial charge < -0.3 is 14.6 Å². The maximum absolute atomic E-state index is 10.5. The van der Waals surface area contributed by atoms with Crippen molar-refractivity contribution in [2.45, 2.75) is 6.54 Å². The number of imidazole rings is 1. The Bertz CT molecular complexity index is 293. The van der Waals surface area contributed by atoms with E-state index in [0.29, 0.717) is 0 Å². The molecule has 0 bridgehead atoms. The highest BCUT2D eigenvalue weighted by Crippen LogP contribution is 1.95. The van der Waals surface area contributed by atoms with E-state index in [1.165, 1.54) is 12.5 Å². The van der Waals surface area contributed by atoms with Crippen LogP contribution in [0, 0.1) is 0 Å². The molecule has 0 aromatic carbocycles. The average Bonchev–Trinajstić information content (AvgIpc) is 2.48. The Kier molecular flexibility index (Phi) is 3.02. The molecule has 5 heteroatoms. The van der Waals surface area contributed by atoms with Gasteiger partial charge in [0.05, 0.1) is 6.33 Å². The lowest BCUT2D eigenvalue weighted by Gasteiger charge is -2.08. The Labute approximate surface area is 76.6 Å². The molecule has 1 heterocycles. The number of nitrogens with zero attached hydrogens (tertiary/aromatic N) is 3. The van der Waals surface area contributed by atoms with Gasteiger partial charge in [-0.3, -0.25) is 0 Å². The van der Waals surface area contributed by atoms with E-state index in [2.05, 4.69) is 4.98 Å². The van der Waals surface area contributed by atoms with E-state index in [0.717, 1.165) is 13.1 Å². The van der Waals surface area contributed by atoms with Crippen molar-refractivity contribution in [1.29, 1.82) is 0 Å². The number of carbonyl (C=O) groups is 1. The van der Waals surface area contributed by atoms with Crippen LogP contribution in [0.15, 0.2) is 12.5 Å². The minimum Gasteiger partial charge on any atom is -0.476 e. The number of hydrogen-bond acceptors (Lipinski definition) is 3. The first-order valence-electron chi connectivity index (χ1n) is 3.99. The lowest BCUT2D eigenvalue weighted by atomic mass is 10.5. The third kappa shape index (κ3) is 2.87. The van der Waals surface area contributed by atoms with Gasteiger partial charge in [0, 0.05) is 19.3 Å². The molecule has 13 heavy (non-hydrogen) atoms. The largest absolute Gasteiger partial charge is 0.476 e. The zero-order valence-electron chi connectivity index (χ0n) is 7.77. The van der Waals surface area contributed by atoms with Crippen molar-refractivity contribution in [3.63, 3.8) is 0 Å². The van der Waals surface area contributed by atoms with Crippen LogP contribution in [0.1, 0.15) is 10.5 Å². The van der Waals surface area contributed by atoms with Gasteiger partial charge in [0.25, 0.3) is 0 Å². The molecule has 0 aliphatic carbocycles. The summed E-state index contributed by atoms with van der Waals surface area (Å²) < 4.78 is 1.77. The normalized spacial score (nSPS) is 10.7. The van der Waals surface area contributed by atoms with E-state index >= 15 is 0 Å². The summed E-state index contributed by atoms with van der Waals surface area (Å²) in [4.78, 5) is 16.2. The van der Waals surface area contributed by atoms with Gasteiger partial charge in [-0.1, -0.05) is 0 Å². The lowest BCUT2D eigenvalue weighted by Crippen LogP contribution is -2.17. The van der Waals surface area contributed by atoms with E-state index in [-0.39, 0.29) is 5.69 Å². The van der Waals surface area contributed by atoms with Crippen molar-refractivity contribution in [1.82, 2.24) is 14.5 Å². The molecule has 0 atom stereocenters. The third-order valence-corrected chi connectivity index (χ3v) is 1.66. The molecule has 1 aromatic heterocycles. The molecule has 0 radical (unpaired) electrons. The first kappa shape index (κ1) is 9.73. The molecule has 0 saturated heterocycles. The Hall–Kier alpha value is -1.36. The van der Waals surface area contributed by atoms with Gasteiger partial charge in [0.15, 0.2) is 5.69 Å². The number of carboxylic acid groups (broad SMARTS) is 1. The number of likely N-dealkylation sites (N-methyl/N-ethyl adjacent to an activating group) is 1. The monoisotopic (exact) mass is 183 g/mol. The van der Waals surface area contributed by atoms with Crippen LogP contribution in [0.5, 0.6) is 0 Å². The molecule has 0 saturated carbocycles. The van der Waals surface area contributed by atoms with Crippen LogP contribution in [0.2, 0.25) is 0 Å². The van der Waals surface area contributed by atoms with Crippen molar-refractivity contribution >= 4 is 5.97 Å². The fourth-order valence-corrected chi connectivity index (χ4v) is 0.908. The Balaban J connectivity index is 2.54. The van der Waals surface area contributed by atoms with Gasteiger partial charge in [0.1, 0.15) is 0 Å². The fraction of sp³-hybridized carbons (Fsp3) is 0.500. The van der Waals surface area contributed by atoms with Gasteiger partial charge in [-0.25, -0.2) is 9.78 Å². The van der Waals surface area contributed by atoms with Gasteiger partial charge in [-0.15, -0.1) is 0 Å². The topological polar surface area (TPSA) is 58.4 Å². The summed E-state index contributed by atoms with van der Waals surface area (Å²) in [5.41, 5.74) is 0.0961. The van der Waals surface area contributed by atoms with E-state index in [1.807, 2.05) is 19.0 Å². The van der Waals surface area contributed by atoms with Crippen LogP contribution in [0.4, 0.5) is 0 Å². The summed E-state index contributed by atoms with van der Waals surface area (Å²) in [6, 6.07) is 0. The fourth-order valence-electron chi connectivity index (χ4n) is 0.908. The van der Waals surface area contributed by atoms with Gasteiger partial charge in [0.2, 0.25) is 0 Å². The summed E-state index contributed by atoms with van der Waals surface area (Å²) in [6.07, 6.45) is 3.07. The first-order valence-corrected chi connectivity index (χ1v) is 3.99. The van der Waals surface area contributed by atoms with Crippen LogP contribution < -0.4 is 0 Å². The Morgan fingerprint density at radius 3 is 2.85 bits per heavy atom. The van der Waals surface area contributed by atoms with E-state index < -0.39 is 5.97 Å². The molecule has 5 nitrogen and oxygen atoms in total. The minimum absolute atomic E-state index is 0.0961. The van der Waals surface area contributed by atoms with Crippen molar-refractivity contribution < 1.29 is 9.90 Å². The molecule has 0 amide bonds. The molecule has 1 rings (SSSR count). The number of aromatic nitrogens is 2. The van der Waals surface area contributed by atoms with Crippen molar-refractivity contribution in [3.8, 4) is 0 Å². The maximum Gasteiger partial charge on any atom is 0.356 e. The van der Waals surface area contributed by atoms with Crippen LogP contribution in [0.3, 0.4) is 0 Å². The highest BCUT2D eigenvalue weighted by molar-refractivity contribution is 5.84. The molecule has 0 aliphatic heterocycles. The molecular weight excluding hydrogens is 170 g/mol. The number of hydrogen-bond donors (Lipinski definition) is 1. The van der Waals surface area contributed by atoms with Crippen LogP contribution in [-0.2, 0) is 6.54 Å². The van der Waals surface area contributed by atoms with E-state index in [4.69, 9.17) is 5.11 Å². The van der Waals surface area contributed by atoms with Crippen LogP contribution >= 0.6 is 0 Å². The highest BCUT2D eigenvalue weighted by Gasteiger charge is 2.05. The molecule has 0 aliphatic rings. The molecule has 72 valence electrons. The molecule has 0 unspecified atom stereocenters. The van der Waals surface area contributed by atoms with Crippen LogP contribution in [-0.4, -0.2) is 46.2 Å². The molecular formula is C8H13N3O2. The molecule has 1 N–H and O–H groups in total. The lowest BCUT2D eigenvalue weighted by molar-refractivity contribution is 0.0691. The number of carboxylic acids is 1. The maximum atomic E-state index is 10.5. The average molecular weight is 183 g/mol. The number of rotatable bonds is 4. The Morgan fingerprint density at radius 2 is 2.38 bits per heavy atom. The quantitative estimate of drug-likeness (QED) is 0.721. The predicted octanol–water partition coefficient (Wildman–Crippen LogP) is 0.143. The van der Waals surface area contributed by atoms with Gasteiger partial charge in [-0.2, -0.15) is 0 Å². The highest BCUT2D eigenvalue weighted by atomic mass is 16.4. The zero-order chi connectivity index (χ0) is 9.84. The smallest absolute Gasteiger partial charge is 0.356 e. The van der Waals surface area contributed by atoms with Crippen molar-refractivity contribution in [2.75, 3.05) is 20.6 Å². The summed E-state index contributed by atoms with van der Waals surface area (Å²) in [5.74, 6) is -0.983. The second-order valence-electron chi connectivity index (χ2n) is 3.11. The first-order chi connectivity index (χ1) is 6.09. The van der Waals surface area contributed by atoms with E-state index in [9.17, 15) is 4.79 Å². The minimum atomic E-state index is -0.983. The van der Waals surface area contributed by atoms with Crippen LogP contribution in [0.25, 0.3) is 0 Å². The number of aromatic carboxylic acids is 1. The Morgan fingerprint density at radius 1 is 1.69 bits per heavy atom. The second-order valence-corrected chi connectivity index (χ2v) is 3.11. The SMILES string of the molecule is CN(C)CCn1cnc(C(=O)O)c1. The van der Waals surface area contributed by atoms with Gasteiger partial charge >= 0.3 is 5.97 Å². The predicted molar refractivity (Wildman–Crippen MR) is 47.7 cm³/mol. The third-order valence-electron chi connectivity index (χ3n) is 1.66. The van der Waals surface area contributed by atoms with E-state index in [1.54, 1.807) is 4.57 Å². The summed E-state index contributed by atoms with van der Waals surface area (Å²) in [7, 11) is 3.93. The zero-order valence-corrected chi connectivity index (χ0v) is 7.77. The summed E-state index contributed by atoms with van der Waals surface area (Å²) in [5, 5.41) is 8.59. The standard InChI is InChI=1S/C8H13N3O2/c1-10(2)3-4-11-5-7(8(12)13)9-6-11/h5-6H,3-4H2,1-2H3,(H,12,13). The molecule has 1 aromatic rings. The van der Waals surface area contributed by atoms with Crippen molar-refractivity contribution in [3.05, 3.63) is 18.2 Å². The second kappa shape index (κ2) is 4.04. The molecule has 0 spiro atoms. The summed E-state index contributed by atoms with van der Waals surface area (Å²) >= 11 is 0. The van der Waals surface area contributed by atoms with Crippen molar-refractivity contribution in [2.24, 2.45) is 0 Å². The summed E-state index contributed by atoms with van der Waals surface area (Å²) in [6.45, 7) is 1.63.